The number of cyclic esters (lactones) is 1. The summed E-state index contributed by atoms with van der Waals surface area (Å²) in [5.74, 6) is -23.6. The monoisotopic (exact) mass is 918 g/mol. The zero-order chi connectivity index (χ0) is 47.5. The minimum Gasteiger partial charge on any atom is -0.504 e. The molecule has 0 radical (unpaired) electrons. The van der Waals surface area contributed by atoms with Crippen LogP contribution in [0.25, 0.3) is 33.1 Å². The molecule has 4 heterocycles. The van der Waals surface area contributed by atoms with E-state index in [0.29, 0.717) is 36.4 Å². The van der Waals surface area contributed by atoms with Crippen LogP contribution in [-0.4, -0.2) is 134 Å². The number of phenolic OH excluding ortho intramolecular Hbond substituents is 13. The van der Waals surface area contributed by atoms with Gasteiger partial charge in [0.2, 0.25) is 35.4 Å². The number of fused-ring (bicyclic) bond motifs is 3. The van der Waals surface area contributed by atoms with E-state index in [-0.39, 0.29) is 0 Å². The molecule has 1 unspecified atom stereocenters. The van der Waals surface area contributed by atoms with Crippen LogP contribution in [0.15, 0.2) is 40.8 Å². The number of benzene rings is 5. The largest absolute Gasteiger partial charge is 0.504 e. The lowest BCUT2D eigenvalue weighted by Crippen LogP contribution is -2.63. The lowest BCUT2D eigenvalue weighted by atomic mass is 9.91. The van der Waals surface area contributed by atoms with E-state index >= 15 is 0 Å². The Morgan fingerprint density at radius 3 is 1.39 bits per heavy atom. The smallest absolute Gasteiger partial charge is 0.340 e. The maximum absolute atomic E-state index is 14.6. The first-order valence-electron chi connectivity index (χ1n) is 18.5. The van der Waals surface area contributed by atoms with Crippen molar-refractivity contribution in [2.24, 2.45) is 0 Å². The van der Waals surface area contributed by atoms with Gasteiger partial charge < -0.3 is 99.2 Å². The Bertz CT molecular complexity index is 3180. The molecule has 25 nitrogen and oxygen atoms in total. The molecule has 3 aliphatic rings. The van der Waals surface area contributed by atoms with Gasteiger partial charge in [-0.05, 0) is 36.4 Å². The van der Waals surface area contributed by atoms with Crippen LogP contribution in [0.1, 0.15) is 51.8 Å². The van der Waals surface area contributed by atoms with Crippen molar-refractivity contribution in [2.75, 3.05) is 6.61 Å². The van der Waals surface area contributed by atoms with Crippen molar-refractivity contribution in [3.63, 3.8) is 0 Å². The normalized spacial score (nSPS) is 20.4. The number of carbonyl (C=O) groups excluding carboxylic acids is 5. The molecule has 0 amide bonds. The molecule has 0 spiro atoms. The molecule has 6 aromatic rings. The van der Waals surface area contributed by atoms with Gasteiger partial charge in [-0.2, -0.15) is 0 Å². The predicted molar refractivity (Wildman–Crippen MR) is 206 cm³/mol. The quantitative estimate of drug-likeness (QED) is 0.0674. The van der Waals surface area contributed by atoms with Crippen molar-refractivity contribution >= 4 is 51.8 Å². The molecule has 5 atom stereocenters. The fraction of sp³-hybridized carbons (Fsp3) is 0.146. The van der Waals surface area contributed by atoms with E-state index in [1.165, 1.54) is 0 Å². The van der Waals surface area contributed by atoms with Gasteiger partial charge in [-0.3, -0.25) is 0 Å². The summed E-state index contributed by atoms with van der Waals surface area (Å²) < 4.78 is 39.7. The highest BCUT2D eigenvalue weighted by atomic mass is 16.7. The van der Waals surface area contributed by atoms with Crippen LogP contribution in [0.3, 0.4) is 0 Å². The molecule has 3 aliphatic heterocycles. The van der Waals surface area contributed by atoms with Crippen LogP contribution in [-0.2, 0) is 28.4 Å². The highest BCUT2D eigenvalue weighted by molar-refractivity contribution is 6.23. The Kier molecular flexibility index (Phi) is 9.27. The Morgan fingerprint density at radius 2 is 0.879 bits per heavy atom. The Hall–Kier alpha value is -9.39. The van der Waals surface area contributed by atoms with Gasteiger partial charge in [0.1, 0.15) is 12.7 Å². The second kappa shape index (κ2) is 14.6. The number of phenols is 13. The van der Waals surface area contributed by atoms with E-state index in [9.17, 15) is 90.4 Å². The number of aromatic hydroxyl groups is 13. The molecule has 9 rings (SSSR count). The molecule has 340 valence electrons. The summed E-state index contributed by atoms with van der Waals surface area (Å²) in [6, 6.07) is 3.32. The van der Waals surface area contributed by atoms with Crippen molar-refractivity contribution in [1.82, 2.24) is 0 Å². The molecule has 66 heavy (non-hydrogen) atoms. The van der Waals surface area contributed by atoms with E-state index in [2.05, 4.69) is 0 Å². The average molecular weight is 919 g/mol. The Labute approximate surface area is 362 Å². The second-order valence-corrected chi connectivity index (χ2v) is 14.6. The second-order valence-electron chi connectivity index (χ2n) is 14.6. The average Bonchev–Trinajstić information content (AvgIpc) is 3.67. The molecule has 1 fully saturated rings. The van der Waals surface area contributed by atoms with Crippen molar-refractivity contribution in [1.29, 1.82) is 0 Å². The number of rotatable bonds is 2. The van der Waals surface area contributed by atoms with E-state index in [1.807, 2.05) is 0 Å². The zero-order valence-corrected chi connectivity index (χ0v) is 32.3. The molecular weight excluding hydrogens is 892 g/mol. The number of hydrogen-bond acceptors (Lipinski definition) is 25. The minimum atomic E-state index is -2.46. The number of esters is 5. The first kappa shape index (κ1) is 41.9. The maximum atomic E-state index is 14.6. The molecule has 13 N–H and O–H groups in total. The molecule has 5 aromatic carbocycles. The first-order valence-corrected chi connectivity index (χ1v) is 18.5. The predicted octanol–water partition coefficient (Wildman–Crippen LogP) is 2.47. The first-order chi connectivity index (χ1) is 31.2. The lowest BCUT2D eigenvalue weighted by molar-refractivity contribution is -0.282. The Morgan fingerprint density at radius 1 is 0.470 bits per heavy atom. The highest BCUT2D eigenvalue weighted by Crippen LogP contribution is 2.54. The molecule has 1 saturated heterocycles. The fourth-order valence-electron chi connectivity index (χ4n) is 7.71. The van der Waals surface area contributed by atoms with E-state index in [0.717, 1.165) is 0 Å². The van der Waals surface area contributed by atoms with Gasteiger partial charge in [-0.15, -0.1) is 0 Å². The highest BCUT2D eigenvalue weighted by Gasteiger charge is 2.56. The van der Waals surface area contributed by atoms with Gasteiger partial charge in [0.25, 0.3) is 0 Å². The van der Waals surface area contributed by atoms with E-state index in [4.69, 9.17) is 32.8 Å². The van der Waals surface area contributed by atoms with Gasteiger partial charge in [0.05, 0.1) is 27.8 Å². The van der Waals surface area contributed by atoms with Gasteiger partial charge in [-0.25, -0.2) is 24.0 Å². The number of ether oxygens (including phenoxy) is 6. The molecule has 25 heteroatoms. The van der Waals surface area contributed by atoms with Crippen molar-refractivity contribution < 1.29 is 123 Å². The van der Waals surface area contributed by atoms with Crippen LogP contribution in [0, 0.1) is 0 Å². The third-order valence-corrected chi connectivity index (χ3v) is 10.8. The van der Waals surface area contributed by atoms with E-state index in [1.54, 1.807) is 0 Å². The molecule has 1 aromatic heterocycles. The van der Waals surface area contributed by atoms with Crippen molar-refractivity contribution in [3.8, 4) is 85.9 Å². The molecule has 0 saturated carbocycles. The van der Waals surface area contributed by atoms with Gasteiger partial charge in [0, 0.05) is 21.9 Å². The van der Waals surface area contributed by atoms with Crippen molar-refractivity contribution in [3.05, 3.63) is 64.2 Å². The minimum absolute atomic E-state index is 0.414. The van der Waals surface area contributed by atoms with Crippen LogP contribution in [0.4, 0.5) is 0 Å². The summed E-state index contributed by atoms with van der Waals surface area (Å²) in [6.07, 6.45) is -11.7. The molecule has 0 aliphatic carbocycles. The van der Waals surface area contributed by atoms with Gasteiger partial charge in [0.15, 0.2) is 75.1 Å². The fourth-order valence-corrected chi connectivity index (χ4v) is 7.71. The topological polar surface area (TPSA) is 417 Å². The van der Waals surface area contributed by atoms with Gasteiger partial charge in [-0.1, -0.05) is 0 Å². The Balaban J connectivity index is 1.30. The standard InChI is InChI=1S/C41H26O25/c42-13-1-8(2-14(43)24(13)48)36(55)66-41-35-34-31(63-39(58)11-5-17(46)27(51)32-22(11)23-12(40(59)65-35)6-18(47)28(52)33(23)62-32)19(61-41)7-60-37(56)9-3-15(44)25(49)29(53)20(9)21-10(38(57)64-34)4-16(45)26(50)30(21)54/h1-6,19,31,34-35,41-54H,7H2/t19-,31-,34+,35-,41?/m1/s1. The molecule has 4 bridgehead atoms. The summed E-state index contributed by atoms with van der Waals surface area (Å²) in [4.78, 5) is 71.2. The number of carbonyl (C=O) groups is 5. The summed E-state index contributed by atoms with van der Waals surface area (Å²) in [5, 5.41) is 136. The van der Waals surface area contributed by atoms with Crippen LogP contribution in [0.5, 0.6) is 74.7 Å². The summed E-state index contributed by atoms with van der Waals surface area (Å²) in [5.41, 5.74) is -8.06. The summed E-state index contributed by atoms with van der Waals surface area (Å²) in [7, 11) is 0. The third-order valence-electron chi connectivity index (χ3n) is 10.8. The maximum Gasteiger partial charge on any atom is 0.340 e. The van der Waals surface area contributed by atoms with Crippen LogP contribution in [0.2, 0.25) is 0 Å². The number of hydrogen-bond donors (Lipinski definition) is 13. The lowest BCUT2D eigenvalue weighted by Gasteiger charge is -2.44. The van der Waals surface area contributed by atoms with Crippen molar-refractivity contribution in [2.45, 2.75) is 30.7 Å². The number of furan rings is 1. The van der Waals surface area contributed by atoms with Crippen LogP contribution < -0.4 is 0 Å². The van der Waals surface area contributed by atoms with Crippen LogP contribution >= 0.6 is 0 Å². The SMILES string of the molecule is O=C(OC1O[C@@H]2COC(=O)c3cc(O)c(O)c(O)c3-c3c(cc(O)c(O)c3O)C(=O)O[C@H]3[C@@H]2OC(=O)c2cc(O)c(O)c4oc5c(O)c(O)cc(c5c24)C(=O)O[C@@H]13)c1cc(O)c(O)c(O)c1. The van der Waals surface area contributed by atoms with E-state index < -0.39 is 203 Å². The summed E-state index contributed by atoms with van der Waals surface area (Å²) in [6.45, 7) is -1.21. The third kappa shape index (κ3) is 6.16. The summed E-state index contributed by atoms with van der Waals surface area (Å²) >= 11 is 0. The molecular formula is C41H26O25. The zero-order valence-electron chi connectivity index (χ0n) is 32.3. The van der Waals surface area contributed by atoms with Gasteiger partial charge >= 0.3 is 29.8 Å².